The minimum atomic E-state index is -0.863. The number of carboxylic acids is 1. The predicted molar refractivity (Wildman–Crippen MR) is 80.3 cm³/mol. The average Bonchev–Trinajstić information content (AvgIpc) is 2.99. The second kappa shape index (κ2) is 6.43. The Balaban J connectivity index is 1.98. The molecular formula is C14H21N3O3S. The van der Waals surface area contributed by atoms with E-state index in [0.29, 0.717) is 6.54 Å². The summed E-state index contributed by atoms with van der Waals surface area (Å²) < 4.78 is 0. The Bertz CT molecular complexity index is 523. The van der Waals surface area contributed by atoms with Crippen LogP contribution < -0.4 is 5.32 Å². The lowest BCUT2D eigenvalue weighted by molar-refractivity contribution is -0.138. The molecule has 1 saturated carbocycles. The number of aromatic nitrogens is 1. The number of aliphatic carboxylic acids is 1. The van der Waals surface area contributed by atoms with Crippen LogP contribution in [0.25, 0.3) is 0 Å². The van der Waals surface area contributed by atoms with Gasteiger partial charge in [0.05, 0.1) is 29.7 Å². The van der Waals surface area contributed by atoms with E-state index in [1.54, 1.807) is 17.5 Å². The zero-order valence-corrected chi connectivity index (χ0v) is 13.2. The second-order valence-corrected chi connectivity index (χ2v) is 6.64. The van der Waals surface area contributed by atoms with Crippen molar-refractivity contribution in [3.8, 4) is 0 Å². The lowest BCUT2D eigenvalue weighted by Crippen LogP contribution is -2.51. The maximum Gasteiger partial charge on any atom is 0.317 e. The molecule has 0 aromatic carbocycles. The zero-order chi connectivity index (χ0) is 15.5. The molecule has 2 amide bonds. The van der Waals surface area contributed by atoms with E-state index in [4.69, 9.17) is 5.11 Å². The van der Waals surface area contributed by atoms with Crippen LogP contribution in [0.2, 0.25) is 0 Å². The minimum absolute atomic E-state index is 0.00777. The Morgan fingerprint density at radius 1 is 1.48 bits per heavy atom. The molecule has 0 atom stereocenters. The topological polar surface area (TPSA) is 82.5 Å². The average molecular weight is 311 g/mol. The van der Waals surface area contributed by atoms with E-state index in [1.807, 2.05) is 6.92 Å². The SMILES string of the molecule is Cc1ncsc1CN(C)C(=O)NC1(CC(=O)O)CCCC1. The number of rotatable bonds is 5. The van der Waals surface area contributed by atoms with E-state index in [-0.39, 0.29) is 12.5 Å². The molecule has 6 nitrogen and oxygen atoms in total. The summed E-state index contributed by atoms with van der Waals surface area (Å²) >= 11 is 1.52. The number of amides is 2. The highest BCUT2D eigenvalue weighted by Crippen LogP contribution is 2.32. The second-order valence-electron chi connectivity index (χ2n) is 5.71. The number of thiazole rings is 1. The standard InChI is InChI=1S/C14H21N3O3S/c1-10-11(21-9-15-10)8-17(2)13(20)16-14(7-12(18)19)5-3-4-6-14/h9H,3-8H2,1-2H3,(H,16,20)(H,18,19). The molecule has 1 aromatic rings. The van der Waals surface area contributed by atoms with Crippen molar-refractivity contribution in [1.82, 2.24) is 15.2 Å². The van der Waals surface area contributed by atoms with Crippen molar-refractivity contribution in [2.24, 2.45) is 0 Å². The van der Waals surface area contributed by atoms with Crippen LogP contribution in [0.1, 0.15) is 42.7 Å². The molecule has 1 fully saturated rings. The van der Waals surface area contributed by atoms with E-state index in [0.717, 1.165) is 36.3 Å². The fourth-order valence-electron chi connectivity index (χ4n) is 2.77. The number of nitrogens with one attached hydrogen (secondary N) is 1. The Hall–Kier alpha value is -1.63. The number of carboxylic acid groups (broad SMARTS) is 1. The molecular weight excluding hydrogens is 290 g/mol. The fraction of sp³-hybridized carbons (Fsp3) is 0.643. The molecule has 0 unspecified atom stereocenters. The number of urea groups is 1. The van der Waals surface area contributed by atoms with Crippen LogP contribution in [-0.4, -0.2) is 39.6 Å². The van der Waals surface area contributed by atoms with E-state index < -0.39 is 11.5 Å². The van der Waals surface area contributed by atoms with Crippen LogP contribution in [0.4, 0.5) is 4.79 Å². The summed E-state index contributed by atoms with van der Waals surface area (Å²) in [5.41, 5.74) is 2.11. The normalized spacial score (nSPS) is 16.7. The van der Waals surface area contributed by atoms with Crippen molar-refractivity contribution < 1.29 is 14.7 Å². The first-order valence-corrected chi connectivity index (χ1v) is 7.94. The third-order valence-corrected chi connectivity index (χ3v) is 4.91. The van der Waals surface area contributed by atoms with Crippen LogP contribution >= 0.6 is 11.3 Å². The van der Waals surface area contributed by atoms with Crippen LogP contribution in [0.3, 0.4) is 0 Å². The minimum Gasteiger partial charge on any atom is -0.481 e. The lowest BCUT2D eigenvalue weighted by Gasteiger charge is -2.31. The summed E-state index contributed by atoms with van der Waals surface area (Å²) in [7, 11) is 1.72. The molecule has 0 radical (unpaired) electrons. The van der Waals surface area contributed by atoms with Crippen molar-refractivity contribution in [2.45, 2.75) is 51.1 Å². The van der Waals surface area contributed by atoms with Gasteiger partial charge in [-0.15, -0.1) is 11.3 Å². The smallest absolute Gasteiger partial charge is 0.317 e. The Morgan fingerprint density at radius 2 is 2.14 bits per heavy atom. The molecule has 1 aliphatic rings. The molecule has 1 heterocycles. The molecule has 2 rings (SSSR count). The summed E-state index contributed by atoms with van der Waals surface area (Å²) in [5.74, 6) is -0.863. The Kier molecular flexibility index (Phi) is 4.82. The number of aryl methyl sites for hydroxylation is 1. The van der Waals surface area contributed by atoms with Gasteiger partial charge in [0.1, 0.15) is 0 Å². The predicted octanol–water partition coefficient (Wildman–Crippen LogP) is 2.38. The number of hydrogen-bond donors (Lipinski definition) is 2. The van der Waals surface area contributed by atoms with Gasteiger partial charge in [-0.2, -0.15) is 0 Å². The maximum absolute atomic E-state index is 12.3. The lowest BCUT2D eigenvalue weighted by atomic mass is 9.93. The van der Waals surface area contributed by atoms with Gasteiger partial charge >= 0.3 is 12.0 Å². The van der Waals surface area contributed by atoms with Gasteiger partial charge in [0.25, 0.3) is 0 Å². The third kappa shape index (κ3) is 3.93. The molecule has 7 heteroatoms. The van der Waals surface area contributed by atoms with Gasteiger partial charge in [0.15, 0.2) is 0 Å². The van der Waals surface area contributed by atoms with Crippen molar-refractivity contribution in [3.05, 3.63) is 16.1 Å². The molecule has 116 valence electrons. The fourth-order valence-corrected chi connectivity index (χ4v) is 3.60. The van der Waals surface area contributed by atoms with E-state index in [1.165, 1.54) is 11.3 Å². The van der Waals surface area contributed by atoms with E-state index >= 15 is 0 Å². The van der Waals surface area contributed by atoms with E-state index in [9.17, 15) is 9.59 Å². The highest BCUT2D eigenvalue weighted by Gasteiger charge is 2.38. The van der Waals surface area contributed by atoms with Crippen LogP contribution in [0.15, 0.2) is 5.51 Å². The molecule has 0 bridgehead atoms. The molecule has 0 aliphatic heterocycles. The van der Waals surface area contributed by atoms with Crippen LogP contribution in [-0.2, 0) is 11.3 Å². The molecule has 1 aliphatic carbocycles. The van der Waals surface area contributed by atoms with Crippen molar-refractivity contribution in [1.29, 1.82) is 0 Å². The molecule has 2 N–H and O–H groups in total. The molecule has 1 aromatic heterocycles. The summed E-state index contributed by atoms with van der Waals surface area (Å²) in [6.45, 7) is 2.41. The zero-order valence-electron chi connectivity index (χ0n) is 12.4. The Labute approximate surface area is 128 Å². The Morgan fingerprint density at radius 3 is 2.67 bits per heavy atom. The van der Waals surface area contributed by atoms with Gasteiger partial charge < -0.3 is 15.3 Å². The first-order chi connectivity index (χ1) is 9.92. The van der Waals surface area contributed by atoms with Gasteiger partial charge in [-0.05, 0) is 19.8 Å². The van der Waals surface area contributed by atoms with Gasteiger partial charge in [0, 0.05) is 11.9 Å². The van der Waals surface area contributed by atoms with Gasteiger partial charge in [-0.3, -0.25) is 4.79 Å². The van der Waals surface area contributed by atoms with E-state index in [2.05, 4.69) is 10.3 Å². The number of nitrogens with zero attached hydrogens (tertiary/aromatic N) is 2. The van der Waals surface area contributed by atoms with Gasteiger partial charge in [-0.1, -0.05) is 12.8 Å². The quantitative estimate of drug-likeness (QED) is 0.874. The number of carbonyl (C=O) groups is 2. The number of hydrogen-bond acceptors (Lipinski definition) is 4. The molecule has 21 heavy (non-hydrogen) atoms. The number of carbonyl (C=O) groups excluding carboxylic acids is 1. The highest BCUT2D eigenvalue weighted by molar-refractivity contribution is 7.09. The van der Waals surface area contributed by atoms with Crippen molar-refractivity contribution in [3.63, 3.8) is 0 Å². The van der Waals surface area contributed by atoms with Crippen LogP contribution in [0, 0.1) is 6.92 Å². The molecule has 0 spiro atoms. The maximum atomic E-state index is 12.3. The first kappa shape index (κ1) is 15.8. The van der Waals surface area contributed by atoms with Crippen molar-refractivity contribution in [2.75, 3.05) is 7.05 Å². The highest BCUT2D eigenvalue weighted by atomic mass is 32.1. The third-order valence-electron chi connectivity index (χ3n) is 3.99. The largest absolute Gasteiger partial charge is 0.481 e. The van der Waals surface area contributed by atoms with Gasteiger partial charge in [0.2, 0.25) is 0 Å². The summed E-state index contributed by atoms with van der Waals surface area (Å²) in [4.78, 5) is 30.2. The monoisotopic (exact) mass is 311 g/mol. The summed E-state index contributed by atoms with van der Waals surface area (Å²) in [5, 5.41) is 12.0. The molecule has 0 saturated heterocycles. The summed E-state index contributed by atoms with van der Waals surface area (Å²) in [6.07, 6.45) is 3.39. The summed E-state index contributed by atoms with van der Waals surface area (Å²) in [6, 6.07) is -0.217. The first-order valence-electron chi connectivity index (χ1n) is 7.06. The van der Waals surface area contributed by atoms with Crippen molar-refractivity contribution >= 4 is 23.3 Å². The van der Waals surface area contributed by atoms with Gasteiger partial charge in [-0.25, -0.2) is 9.78 Å². The van der Waals surface area contributed by atoms with Crippen LogP contribution in [0.5, 0.6) is 0 Å².